The summed E-state index contributed by atoms with van der Waals surface area (Å²) in [6.07, 6.45) is 1.46. The maximum Gasteiger partial charge on any atom is 0.141 e. The topological polar surface area (TPSA) is 109 Å². The minimum Gasteiger partial charge on any atom is -0.394 e. The van der Waals surface area contributed by atoms with Gasteiger partial charge in [0.05, 0.1) is 17.7 Å². The third kappa shape index (κ3) is 1.82. The Bertz CT molecular complexity index is 381. The molecule has 74 valence electrons. The molecule has 14 heavy (non-hydrogen) atoms. The molecular weight excluding hydrogens is 180 g/mol. The second-order valence-corrected chi connectivity index (χ2v) is 3.34. The third-order valence-corrected chi connectivity index (χ3v) is 2.03. The first-order valence-electron chi connectivity index (χ1n) is 4.07. The fourth-order valence-corrected chi connectivity index (χ4v) is 0.969. The van der Waals surface area contributed by atoms with Crippen molar-refractivity contribution >= 4 is 5.82 Å². The number of pyridine rings is 1. The highest BCUT2D eigenvalue weighted by Gasteiger charge is 2.21. The van der Waals surface area contributed by atoms with E-state index >= 15 is 0 Å². The summed E-state index contributed by atoms with van der Waals surface area (Å²) in [7, 11) is 0. The van der Waals surface area contributed by atoms with Gasteiger partial charge in [-0.05, 0) is 18.6 Å². The molecule has 1 aromatic heterocycles. The molecule has 5 heteroatoms. The first-order valence-corrected chi connectivity index (χ1v) is 4.07. The van der Waals surface area contributed by atoms with Gasteiger partial charge in [-0.15, -0.1) is 0 Å². The molecule has 0 aromatic carbocycles. The lowest BCUT2D eigenvalue weighted by Crippen LogP contribution is -2.37. The third-order valence-electron chi connectivity index (χ3n) is 2.03. The fraction of sp³-hybridized carbons (Fsp3) is 0.333. The monoisotopic (exact) mass is 192 g/mol. The summed E-state index contributed by atoms with van der Waals surface area (Å²) in [4.78, 5) is 3.83. The first kappa shape index (κ1) is 10.4. The lowest BCUT2D eigenvalue weighted by Gasteiger charge is -2.21. The molecule has 1 unspecified atom stereocenters. The van der Waals surface area contributed by atoms with Crippen LogP contribution >= 0.6 is 0 Å². The SMILES string of the molecule is CC(N)(CO)c1cnc(N)c(C#N)c1. The van der Waals surface area contributed by atoms with Gasteiger partial charge in [0.2, 0.25) is 0 Å². The molecule has 1 heterocycles. The van der Waals surface area contributed by atoms with Crippen molar-refractivity contribution in [3.8, 4) is 6.07 Å². The van der Waals surface area contributed by atoms with Crippen molar-refractivity contribution in [1.29, 1.82) is 5.26 Å². The highest BCUT2D eigenvalue weighted by atomic mass is 16.3. The second-order valence-electron chi connectivity index (χ2n) is 3.34. The summed E-state index contributed by atoms with van der Waals surface area (Å²) in [6.45, 7) is 1.44. The van der Waals surface area contributed by atoms with Crippen molar-refractivity contribution in [1.82, 2.24) is 4.98 Å². The van der Waals surface area contributed by atoms with Crippen molar-refractivity contribution < 1.29 is 5.11 Å². The van der Waals surface area contributed by atoms with E-state index in [1.165, 1.54) is 6.20 Å². The molecule has 0 radical (unpaired) electrons. The smallest absolute Gasteiger partial charge is 0.141 e. The van der Waals surface area contributed by atoms with Crippen molar-refractivity contribution in [3.63, 3.8) is 0 Å². The Morgan fingerprint density at radius 1 is 1.71 bits per heavy atom. The molecule has 1 rings (SSSR count). The summed E-state index contributed by atoms with van der Waals surface area (Å²) in [5, 5.41) is 17.7. The zero-order chi connectivity index (χ0) is 10.8. The van der Waals surface area contributed by atoms with Gasteiger partial charge in [0.15, 0.2) is 0 Å². The Balaban J connectivity index is 3.21. The van der Waals surface area contributed by atoms with Crippen LogP contribution in [0.25, 0.3) is 0 Å². The van der Waals surface area contributed by atoms with Crippen LogP contribution in [0.2, 0.25) is 0 Å². The summed E-state index contributed by atoms with van der Waals surface area (Å²) in [6, 6.07) is 3.45. The molecule has 0 aliphatic carbocycles. The molecule has 0 saturated heterocycles. The van der Waals surface area contributed by atoms with Gasteiger partial charge >= 0.3 is 0 Å². The molecule has 0 amide bonds. The summed E-state index contributed by atoms with van der Waals surface area (Å²) in [5.74, 6) is 0.171. The zero-order valence-corrected chi connectivity index (χ0v) is 7.86. The largest absolute Gasteiger partial charge is 0.394 e. The summed E-state index contributed by atoms with van der Waals surface area (Å²) in [5.41, 5.74) is 11.2. The van der Waals surface area contributed by atoms with E-state index in [9.17, 15) is 0 Å². The van der Waals surface area contributed by atoms with Crippen LogP contribution in [0.3, 0.4) is 0 Å². The highest BCUT2D eigenvalue weighted by Crippen LogP contribution is 2.19. The second kappa shape index (κ2) is 3.62. The number of nitrogens with zero attached hydrogens (tertiary/aromatic N) is 2. The number of hydrogen-bond donors (Lipinski definition) is 3. The lowest BCUT2D eigenvalue weighted by molar-refractivity contribution is 0.210. The number of nitrogen functional groups attached to an aromatic ring is 1. The van der Waals surface area contributed by atoms with Gasteiger partial charge in [-0.3, -0.25) is 0 Å². The van der Waals surface area contributed by atoms with Crippen LogP contribution in [0.1, 0.15) is 18.1 Å². The number of aromatic nitrogens is 1. The van der Waals surface area contributed by atoms with E-state index in [1.807, 2.05) is 6.07 Å². The van der Waals surface area contributed by atoms with E-state index in [0.717, 1.165) is 0 Å². The number of hydrogen-bond acceptors (Lipinski definition) is 5. The van der Waals surface area contributed by atoms with E-state index in [4.69, 9.17) is 21.8 Å². The van der Waals surface area contributed by atoms with E-state index in [-0.39, 0.29) is 18.0 Å². The van der Waals surface area contributed by atoms with Crippen LogP contribution in [0, 0.1) is 11.3 Å². The predicted octanol–water partition coefficient (Wildman–Crippen LogP) is -0.298. The van der Waals surface area contributed by atoms with Crippen LogP contribution in [0.5, 0.6) is 0 Å². The Kier molecular flexibility index (Phi) is 2.70. The average Bonchev–Trinajstić information content (AvgIpc) is 2.18. The van der Waals surface area contributed by atoms with Gasteiger partial charge in [0.25, 0.3) is 0 Å². The normalized spacial score (nSPS) is 14.4. The Labute approximate surface area is 82.0 Å². The standard InChI is InChI=1S/C9H12N4O/c1-9(12,5-14)7-2-6(3-10)8(11)13-4-7/h2,4,14H,5,12H2,1H3,(H2,11,13). The molecule has 0 saturated carbocycles. The minimum absolute atomic E-state index is 0.171. The molecule has 5 nitrogen and oxygen atoms in total. The molecular formula is C9H12N4O. The van der Waals surface area contributed by atoms with Crippen molar-refractivity contribution in [2.45, 2.75) is 12.5 Å². The van der Waals surface area contributed by atoms with Crippen molar-refractivity contribution in [3.05, 3.63) is 23.4 Å². The predicted molar refractivity (Wildman–Crippen MR) is 52.0 cm³/mol. The number of aliphatic hydroxyl groups is 1. The molecule has 1 aromatic rings. The molecule has 1 atom stereocenters. The minimum atomic E-state index is -0.897. The summed E-state index contributed by atoms with van der Waals surface area (Å²) >= 11 is 0. The van der Waals surface area contributed by atoms with Crippen LogP contribution in [0.15, 0.2) is 12.3 Å². The maximum absolute atomic E-state index is 9.01. The number of nitrogens with two attached hydrogens (primary N) is 2. The molecule has 0 aliphatic rings. The fourth-order valence-electron chi connectivity index (χ4n) is 0.969. The molecule has 0 bridgehead atoms. The van der Waals surface area contributed by atoms with E-state index in [0.29, 0.717) is 5.56 Å². The molecule has 5 N–H and O–H groups in total. The lowest BCUT2D eigenvalue weighted by atomic mass is 9.95. The Hall–Kier alpha value is -1.64. The molecule has 0 aliphatic heterocycles. The quantitative estimate of drug-likeness (QED) is 0.596. The van der Waals surface area contributed by atoms with Gasteiger partial charge in [-0.1, -0.05) is 0 Å². The number of rotatable bonds is 2. The molecule has 0 spiro atoms. The Morgan fingerprint density at radius 3 is 2.86 bits per heavy atom. The van der Waals surface area contributed by atoms with Gasteiger partial charge in [-0.25, -0.2) is 4.98 Å². The zero-order valence-electron chi connectivity index (χ0n) is 7.86. The van der Waals surface area contributed by atoms with Crippen LogP contribution in [-0.4, -0.2) is 16.7 Å². The van der Waals surface area contributed by atoms with Gasteiger partial charge in [0, 0.05) is 6.20 Å². The van der Waals surface area contributed by atoms with Crippen LogP contribution in [0.4, 0.5) is 5.82 Å². The highest BCUT2D eigenvalue weighted by molar-refractivity contribution is 5.50. The summed E-state index contributed by atoms with van der Waals surface area (Å²) < 4.78 is 0. The average molecular weight is 192 g/mol. The van der Waals surface area contributed by atoms with Crippen LogP contribution in [-0.2, 0) is 5.54 Å². The first-order chi connectivity index (χ1) is 6.51. The van der Waals surface area contributed by atoms with E-state index in [1.54, 1.807) is 13.0 Å². The number of aliphatic hydroxyl groups excluding tert-OH is 1. The Morgan fingerprint density at radius 2 is 2.36 bits per heavy atom. The van der Waals surface area contributed by atoms with E-state index < -0.39 is 5.54 Å². The van der Waals surface area contributed by atoms with Gasteiger partial charge < -0.3 is 16.6 Å². The van der Waals surface area contributed by atoms with Crippen molar-refractivity contribution in [2.24, 2.45) is 5.73 Å². The number of anilines is 1. The van der Waals surface area contributed by atoms with Gasteiger partial charge in [0.1, 0.15) is 11.9 Å². The van der Waals surface area contributed by atoms with Gasteiger partial charge in [-0.2, -0.15) is 5.26 Å². The van der Waals surface area contributed by atoms with Crippen molar-refractivity contribution in [2.75, 3.05) is 12.3 Å². The molecule has 0 fully saturated rings. The van der Waals surface area contributed by atoms with Crippen LogP contribution < -0.4 is 11.5 Å². The van der Waals surface area contributed by atoms with E-state index in [2.05, 4.69) is 4.98 Å². The maximum atomic E-state index is 9.01. The number of nitriles is 1.